The van der Waals surface area contributed by atoms with Gasteiger partial charge in [0.2, 0.25) is 0 Å². The second-order valence-electron chi connectivity index (χ2n) is 3.00. The number of carbonyl (C=O) groups excluding carboxylic acids is 1. The van der Waals surface area contributed by atoms with Crippen LogP contribution in [0.5, 0.6) is 0 Å². The average Bonchev–Trinajstić information content (AvgIpc) is 2.06. The molecule has 0 aromatic heterocycles. The van der Waals surface area contributed by atoms with E-state index in [0.29, 0.717) is 6.61 Å². The first kappa shape index (κ1) is 11.5. The summed E-state index contributed by atoms with van der Waals surface area (Å²) in [4.78, 5) is 11.3. The second kappa shape index (κ2) is 7.14. The molecule has 2 nitrogen and oxygen atoms in total. The summed E-state index contributed by atoms with van der Waals surface area (Å²) in [5.41, 5.74) is 0. The Kier molecular flexibility index (Phi) is 6.82. The molecular weight excluding hydrogens is 152 g/mol. The molecule has 0 aliphatic rings. The second-order valence-corrected chi connectivity index (χ2v) is 3.00. The zero-order valence-electron chi connectivity index (χ0n) is 8.43. The average molecular weight is 172 g/mol. The van der Waals surface area contributed by atoms with E-state index in [9.17, 15) is 4.79 Å². The van der Waals surface area contributed by atoms with E-state index in [-0.39, 0.29) is 11.9 Å². The fourth-order valence-corrected chi connectivity index (χ4v) is 1.20. The molecule has 0 aliphatic heterocycles. The van der Waals surface area contributed by atoms with Crippen molar-refractivity contribution in [3.8, 4) is 0 Å². The van der Waals surface area contributed by atoms with Crippen LogP contribution >= 0.6 is 0 Å². The van der Waals surface area contributed by atoms with Gasteiger partial charge >= 0.3 is 5.97 Å². The van der Waals surface area contributed by atoms with Gasteiger partial charge in [0, 0.05) is 0 Å². The Morgan fingerprint density at radius 2 is 2.00 bits per heavy atom. The van der Waals surface area contributed by atoms with E-state index >= 15 is 0 Å². The van der Waals surface area contributed by atoms with Gasteiger partial charge in [0.1, 0.15) is 0 Å². The fourth-order valence-electron chi connectivity index (χ4n) is 1.20. The molecule has 0 aliphatic carbocycles. The smallest absolute Gasteiger partial charge is 0.308 e. The summed E-state index contributed by atoms with van der Waals surface area (Å²) in [5, 5.41) is 0. The van der Waals surface area contributed by atoms with Crippen LogP contribution in [-0.2, 0) is 9.53 Å². The predicted octanol–water partition coefficient (Wildman–Crippen LogP) is 2.77. The quantitative estimate of drug-likeness (QED) is 0.576. The molecule has 0 saturated heterocycles. The van der Waals surface area contributed by atoms with Gasteiger partial charge in [0.25, 0.3) is 0 Å². The Balaban J connectivity index is 3.71. The molecular formula is C10H20O2. The molecule has 0 N–H and O–H groups in total. The number of ether oxygens (including phenoxy) is 1. The summed E-state index contributed by atoms with van der Waals surface area (Å²) in [6.07, 6.45) is 4.15. The fraction of sp³-hybridized carbons (Fsp3) is 0.900. The first-order chi connectivity index (χ1) is 5.76. The molecule has 0 bridgehead atoms. The van der Waals surface area contributed by atoms with E-state index in [4.69, 9.17) is 4.74 Å². The van der Waals surface area contributed by atoms with Crippen LogP contribution in [0.2, 0.25) is 0 Å². The minimum Gasteiger partial charge on any atom is -0.466 e. The summed E-state index contributed by atoms with van der Waals surface area (Å²) < 4.78 is 4.95. The zero-order valence-corrected chi connectivity index (χ0v) is 8.43. The molecule has 0 saturated carbocycles. The Morgan fingerprint density at radius 3 is 2.42 bits per heavy atom. The molecule has 0 aromatic carbocycles. The monoisotopic (exact) mass is 172 g/mol. The van der Waals surface area contributed by atoms with Crippen molar-refractivity contribution in [3.05, 3.63) is 0 Å². The first-order valence-corrected chi connectivity index (χ1v) is 4.92. The van der Waals surface area contributed by atoms with Gasteiger partial charge in [-0.2, -0.15) is 0 Å². The Morgan fingerprint density at radius 1 is 1.33 bits per heavy atom. The molecule has 0 spiro atoms. The third-order valence-corrected chi connectivity index (χ3v) is 2.02. The predicted molar refractivity (Wildman–Crippen MR) is 49.9 cm³/mol. The topological polar surface area (TPSA) is 26.3 Å². The summed E-state index contributed by atoms with van der Waals surface area (Å²) in [6, 6.07) is 0. The SMILES string of the molecule is CCCC[C@@H](CC)C(=O)OCC. The first-order valence-electron chi connectivity index (χ1n) is 4.92. The van der Waals surface area contributed by atoms with Crippen LogP contribution in [0, 0.1) is 5.92 Å². The Bertz CT molecular complexity index is 121. The zero-order chi connectivity index (χ0) is 9.40. The number of carbonyl (C=O) groups is 1. The summed E-state index contributed by atoms with van der Waals surface area (Å²) >= 11 is 0. The molecule has 2 heteroatoms. The Labute approximate surface area is 75.3 Å². The van der Waals surface area contributed by atoms with Crippen LogP contribution in [0.25, 0.3) is 0 Å². The van der Waals surface area contributed by atoms with Crippen LogP contribution in [0.1, 0.15) is 46.5 Å². The van der Waals surface area contributed by atoms with Gasteiger partial charge in [-0.3, -0.25) is 4.79 Å². The lowest BCUT2D eigenvalue weighted by Gasteiger charge is -2.12. The van der Waals surface area contributed by atoms with Gasteiger partial charge in [0.05, 0.1) is 12.5 Å². The third-order valence-electron chi connectivity index (χ3n) is 2.02. The summed E-state index contributed by atoms with van der Waals surface area (Å²) in [5.74, 6) is 0.110. The van der Waals surface area contributed by atoms with Crippen LogP contribution < -0.4 is 0 Å². The standard InChI is InChI=1S/C10H20O2/c1-4-7-8-9(5-2)10(11)12-6-3/h9H,4-8H2,1-3H3/t9-/m1/s1. The van der Waals surface area contributed by atoms with Gasteiger partial charge in [0.15, 0.2) is 0 Å². The van der Waals surface area contributed by atoms with Crippen LogP contribution in [0.4, 0.5) is 0 Å². The molecule has 1 atom stereocenters. The van der Waals surface area contributed by atoms with Crippen LogP contribution in [0.15, 0.2) is 0 Å². The van der Waals surface area contributed by atoms with Crippen molar-refractivity contribution in [2.24, 2.45) is 5.92 Å². The molecule has 0 aromatic rings. The van der Waals surface area contributed by atoms with Gasteiger partial charge in [-0.15, -0.1) is 0 Å². The number of hydrogen-bond acceptors (Lipinski definition) is 2. The lowest BCUT2D eigenvalue weighted by Crippen LogP contribution is -2.16. The molecule has 12 heavy (non-hydrogen) atoms. The van der Waals surface area contributed by atoms with E-state index in [1.165, 1.54) is 0 Å². The van der Waals surface area contributed by atoms with Crippen LogP contribution in [0.3, 0.4) is 0 Å². The molecule has 0 amide bonds. The molecule has 0 fully saturated rings. The highest BCUT2D eigenvalue weighted by atomic mass is 16.5. The van der Waals surface area contributed by atoms with Crippen molar-refractivity contribution in [1.29, 1.82) is 0 Å². The summed E-state index contributed by atoms with van der Waals surface area (Å²) in [7, 11) is 0. The van der Waals surface area contributed by atoms with Gasteiger partial charge < -0.3 is 4.74 Å². The van der Waals surface area contributed by atoms with E-state index < -0.39 is 0 Å². The maximum Gasteiger partial charge on any atom is 0.308 e. The van der Waals surface area contributed by atoms with Crippen molar-refractivity contribution in [3.63, 3.8) is 0 Å². The molecule has 0 radical (unpaired) electrons. The van der Waals surface area contributed by atoms with E-state index in [0.717, 1.165) is 25.7 Å². The number of unbranched alkanes of at least 4 members (excludes halogenated alkanes) is 1. The number of esters is 1. The third kappa shape index (κ3) is 4.37. The normalized spacial score (nSPS) is 12.6. The lowest BCUT2D eigenvalue weighted by atomic mass is 10.00. The summed E-state index contributed by atoms with van der Waals surface area (Å²) in [6.45, 7) is 6.53. The molecule has 72 valence electrons. The minimum absolute atomic E-state index is 0.0200. The molecule has 0 heterocycles. The lowest BCUT2D eigenvalue weighted by molar-refractivity contribution is -0.148. The van der Waals surface area contributed by atoms with E-state index in [1.807, 2.05) is 13.8 Å². The Hall–Kier alpha value is -0.530. The minimum atomic E-state index is -0.0200. The van der Waals surface area contributed by atoms with Crippen molar-refractivity contribution in [2.45, 2.75) is 46.5 Å². The van der Waals surface area contributed by atoms with Crippen molar-refractivity contribution in [1.82, 2.24) is 0 Å². The number of hydrogen-bond donors (Lipinski definition) is 0. The molecule has 0 rings (SSSR count). The highest BCUT2D eigenvalue weighted by Crippen LogP contribution is 2.13. The van der Waals surface area contributed by atoms with Gasteiger partial charge in [-0.05, 0) is 19.8 Å². The van der Waals surface area contributed by atoms with Crippen LogP contribution in [-0.4, -0.2) is 12.6 Å². The highest BCUT2D eigenvalue weighted by Gasteiger charge is 2.15. The maximum atomic E-state index is 11.3. The van der Waals surface area contributed by atoms with Gasteiger partial charge in [-0.1, -0.05) is 26.7 Å². The van der Waals surface area contributed by atoms with Crippen molar-refractivity contribution >= 4 is 5.97 Å². The largest absolute Gasteiger partial charge is 0.466 e. The van der Waals surface area contributed by atoms with Crippen molar-refractivity contribution < 1.29 is 9.53 Å². The van der Waals surface area contributed by atoms with Gasteiger partial charge in [-0.25, -0.2) is 0 Å². The molecule has 0 unspecified atom stereocenters. The van der Waals surface area contributed by atoms with E-state index in [2.05, 4.69) is 6.92 Å². The highest BCUT2D eigenvalue weighted by molar-refractivity contribution is 5.72. The van der Waals surface area contributed by atoms with E-state index in [1.54, 1.807) is 0 Å². The maximum absolute atomic E-state index is 11.3. The number of rotatable bonds is 6. The van der Waals surface area contributed by atoms with Crippen molar-refractivity contribution in [2.75, 3.05) is 6.61 Å².